The van der Waals surface area contributed by atoms with Crippen molar-refractivity contribution in [2.75, 3.05) is 19.6 Å². The van der Waals surface area contributed by atoms with Crippen LogP contribution in [0.15, 0.2) is 5.29 Å². The normalized spacial score (nSPS) is 10.0. The van der Waals surface area contributed by atoms with E-state index < -0.39 is 0 Å². The molecule has 60 valence electrons. The van der Waals surface area contributed by atoms with Crippen LogP contribution in [0.5, 0.6) is 0 Å². The van der Waals surface area contributed by atoms with Gasteiger partial charge in [0.05, 0.1) is 5.29 Å². The molecule has 6 heteroatoms. The minimum Gasteiger partial charge on any atom is -0.724 e. The first-order valence-corrected chi connectivity index (χ1v) is 3.01. The molecule has 0 aliphatic rings. The molecule has 0 aromatic carbocycles. The minimum absolute atomic E-state index is 0.00681. The lowest BCUT2D eigenvalue weighted by molar-refractivity contribution is 0.0312. The van der Waals surface area contributed by atoms with Crippen molar-refractivity contribution in [2.24, 2.45) is 11.0 Å². The van der Waals surface area contributed by atoms with E-state index in [1.54, 1.807) is 6.92 Å². The lowest BCUT2D eigenvalue weighted by Gasteiger charge is -2.32. The van der Waals surface area contributed by atoms with E-state index >= 15 is 0 Å². The second kappa shape index (κ2) is 5.10. The van der Waals surface area contributed by atoms with Crippen molar-refractivity contribution in [3.05, 3.63) is 10.1 Å². The van der Waals surface area contributed by atoms with E-state index in [1.807, 2.05) is 0 Å². The molecule has 0 fully saturated rings. The molecule has 2 N–H and O–H groups in total. The maximum Gasteiger partial charge on any atom is 0.0579 e. The van der Waals surface area contributed by atoms with E-state index in [0.29, 0.717) is 19.6 Å². The molecule has 6 nitrogen and oxygen atoms in total. The van der Waals surface area contributed by atoms with Gasteiger partial charge in [0.25, 0.3) is 0 Å². The summed E-state index contributed by atoms with van der Waals surface area (Å²) in [5.74, 6) is 0. The molecule has 0 aromatic rings. The van der Waals surface area contributed by atoms with Crippen molar-refractivity contribution in [1.82, 2.24) is 10.3 Å². The van der Waals surface area contributed by atoms with Crippen molar-refractivity contribution in [3.8, 4) is 0 Å². The molecule has 0 radical (unpaired) electrons. The van der Waals surface area contributed by atoms with Crippen molar-refractivity contribution in [2.45, 2.75) is 6.92 Å². The molecule has 0 aliphatic heterocycles. The third-order valence-electron chi connectivity index (χ3n) is 1.06. The molecule has 0 atom stereocenters. The molecule has 0 spiro atoms. The summed E-state index contributed by atoms with van der Waals surface area (Å²) in [5, 5.41) is 13.8. The number of nitrogens with two attached hydrogens (primary N) is 1. The van der Waals surface area contributed by atoms with Gasteiger partial charge in [-0.2, -0.15) is 0 Å². The number of likely N-dealkylation sites (N-methyl/N-ethyl adjacent to an activating group) is 1. The molecular weight excluding hydrogens is 136 g/mol. The smallest absolute Gasteiger partial charge is 0.0579 e. The van der Waals surface area contributed by atoms with E-state index in [2.05, 4.69) is 5.29 Å². The van der Waals surface area contributed by atoms with E-state index in [4.69, 9.17) is 5.73 Å². The number of hydrazine groups is 1. The summed E-state index contributed by atoms with van der Waals surface area (Å²) in [6.07, 6.45) is 0. The largest absolute Gasteiger partial charge is 0.724 e. The topological polar surface area (TPSA) is 85.0 Å². The summed E-state index contributed by atoms with van der Waals surface area (Å²) >= 11 is 0. The first-order valence-electron chi connectivity index (χ1n) is 3.01. The van der Waals surface area contributed by atoms with E-state index in [-0.39, 0.29) is 5.28 Å². The summed E-state index contributed by atoms with van der Waals surface area (Å²) < 4.78 is 0. The molecule has 0 saturated carbocycles. The van der Waals surface area contributed by atoms with Gasteiger partial charge in [0.1, 0.15) is 0 Å². The molecule has 0 aliphatic carbocycles. The van der Waals surface area contributed by atoms with Crippen LogP contribution in [0, 0.1) is 10.1 Å². The zero-order valence-electron chi connectivity index (χ0n) is 5.86. The summed E-state index contributed by atoms with van der Waals surface area (Å²) in [4.78, 5) is 9.66. The van der Waals surface area contributed by atoms with Crippen molar-refractivity contribution in [1.29, 1.82) is 0 Å². The summed E-state index contributed by atoms with van der Waals surface area (Å²) in [7, 11) is 0. The first kappa shape index (κ1) is 9.28. The number of nitrogens with zero attached hydrogens (tertiary/aromatic N) is 3. The van der Waals surface area contributed by atoms with Gasteiger partial charge in [0.15, 0.2) is 0 Å². The van der Waals surface area contributed by atoms with Crippen molar-refractivity contribution in [3.63, 3.8) is 0 Å². The van der Waals surface area contributed by atoms with Crippen LogP contribution in [0.25, 0.3) is 0 Å². The third-order valence-corrected chi connectivity index (χ3v) is 1.06. The van der Waals surface area contributed by atoms with Crippen LogP contribution in [0.2, 0.25) is 0 Å². The number of hydrogen-bond donors (Lipinski definition) is 1. The second-order valence-corrected chi connectivity index (χ2v) is 1.67. The average Bonchev–Trinajstić information content (AvgIpc) is 1.99. The Hall–Kier alpha value is -0.720. The number of nitroso groups, excluding NO2 is 1. The van der Waals surface area contributed by atoms with Crippen molar-refractivity contribution >= 4 is 0 Å². The number of hydrogen-bond acceptors (Lipinski definition) is 5. The predicted octanol–water partition coefficient (Wildman–Crippen LogP) is -0.337. The Morgan fingerprint density at radius 2 is 2.30 bits per heavy atom. The van der Waals surface area contributed by atoms with Crippen LogP contribution in [0.4, 0.5) is 0 Å². The minimum atomic E-state index is 0.00681. The molecular formula is C4H11N4O2-. The van der Waals surface area contributed by atoms with Gasteiger partial charge in [-0.15, -0.1) is 4.91 Å². The third kappa shape index (κ3) is 2.72. The molecule has 0 bridgehead atoms. The van der Waals surface area contributed by atoms with Gasteiger partial charge in [-0.3, -0.25) is 5.28 Å². The van der Waals surface area contributed by atoms with Crippen molar-refractivity contribution < 1.29 is 0 Å². The predicted molar refractivity (Wildman–Crippen MR) is 37.3 cm³/mol. The Balaban J connectivity index is 3.67. The van der Waals surface area contributed by atoms with Crippen LogP contribution in [-0.4, -0.2) is 29.9 Å². The Bertz CT molecular complexity index is 99.3. The van der Waals surface area contributed by atoms with Crippen LogP contribution in [-0.2, 0) is 0 Å². The van der Waals surface area contributed by atoms with E-state index in [0.717, 1.165) is 0 Å². The van der Waals surface area contributed by atoms with Gasteiger partial charge < -0.3 is 10.9 Å². The Labute approximate surface area is 59.1 Å². The zero-order chi connectivity index (χ0) is 7.98. The highest BCUT2D eigenvalue weighted by atomic mass is 16.6. The maximum absolute atomic E-state index is 10.4. The zero-order valence-corrected chi connectivity index (χ0v) is 5.86. The van der Waals surface area contributed by atoms with Gasteiger partial charge in [-0.05, 0) is 0 Å². The van der Waals surface area contributed by atoms with E-state index in [1.165, 1.54) is 5.01 Å². The average molecular weight is 147 g/mol. The number of rotatable bonds is 5. The van der Waals surface area contributed by atoms with Crippen LogP contribution in [0.3, 0.4) is 0 Å². The SMILES string of the molecule is CCN(CCN)N([O-])N=O. The quantitative estimate of drug-likeness (QED) is 0.425. The molecule has 0 saturated heterocycles. The maximum atomic E-state index is 10.4. The molecule has 0 unspecified atom stereocenters. The van der Waals surface area contributed by atoms with Gasteiger partial charge in [0, 0.05) is 19.6 Å². The second-order valence-electron chi connectivity index (χ2n) is 1.67. The summed E-state index contributed by atoms with van der Waals surface area (Å²) in [5.41, 5.74) is 5.15. The monoisotopic (exact) mass is 147 g/mol. The highest BCUT2D eigenvalue weighted by Gasteiger charge is 2.00. The van der Waals surface area contributed by atoms with Crippen LogP contribution < -0.4 is 5.73 Å². The van der Waals surface area contributed by atoms with E-state index in [9.17, 15) is 10.1 Å². The van der Waals surface area contributed by atoms with Crippen LogP contribution in [0.1, 0.15) is 6.92 Å². The van der Waals surface area contributed by atoms with Gasteiger partial charge in [0.2, 0.25) is 0 Å². The fourth-order valence-corrected chi connectivity index (χ4v) is 0.565. The Morgan fingerprint density at radius 1 is 1.70 bits per heavy atom. The first-order chi connectivity index (χ1) is 4.76. The summed E-state index contributed by atoms with van der Waals surface area (Å²) in [6, 6.07) is 0. The molecule has 0 heterocycles. The Kier molecular flexibility index (Phi) is 4.73. The van der Waals surface area contributed by atoms with Gasteiger partial charge in [-0.1, -0.05) is 6.92 Å². The molecule has 0 aromatic heterocycles. The standard InChI is InChI=1S/C4H11N4O2/c1-2-7(4-3-5)8(10)6-9/h2-5H2,1H3/q-1. The van der Waals surface area contributed by atoms with Gasteiger partial charge in [-0.25, -0.2) is 5.01 Å². The molecule has 10 heavy (non-hydrogen) atoms. The highest BCUT2D eigenvalue weighted by Crippen LogP contribution is 1.93. The fourth-order valence-electron chi connectivity index (χ4n) is 0.565. The van der Waals surface area contributed by atoms with Crippen LogP contribution >= 0.6 is 0 Å². The Morgan fingerprint density at radius 3 is 2.60 bits per heavy atom. The molecule has 0 rings (SSSR count). The lowest BCUT2D eigenvalue weighted by atomic mass is 10.6. The highest BCUT2D eigenvalue weighted by molar-refractivity contribution is 4.51. The molecule has 0 amide bonds. The summed E-state index contributed by atoms with van der Waals surface area (Å²) in [6.45, 7) is 2.87. The fraction of sp³-hybridized carbons (Fsp3) is 1.00. The van der Waals surface area contributed by atoms with Gasteiger partial charge >= 0.3 is 0 Å². The lowest BCUT2D eigenvalue weighted by Crippen LogP contribution is -2.38.